The Bertz CT molecular complexity index is 376. The van der Waals surface area contributed by atoms with Crippen molar-refractivity contribution in [3.63, 3.8) is 0 Å². The van der Waals surface area contributed by atoms with Crippen LogP contribution in [0.2, 0.25) is 0 Å². The summed E-state index contributed by atoms with van der Waals surface area (Å²) in [5, 5.41) is 12.1. The fourth-order valence-electron chi connectivity index (χ4n) is 1.76. The number of carbonyl (C=O) groups is 1. The predicted octanol–water partition coefficient (Wildman–Crippen LogP) is 2.55. The summed E-state index contributed by atoms with van der Waals surface area (Å²) in [7, 11) is 0. The van der Waals surface area contributed by atoms with Crippen LogP contribution in [0, 0.1) is 5.92 Å². The minimum absolute atomic E-state index is 0.0210. The maximum absolute atomic E-state index is 12.0. The molecule has 0 fully saturated rings. The molecule has 0 saturated carbocycles. The quantitative estimate of drug-likeness (QED) is 0.779. The van der Waals surface area contributed by atoms with Gasteiger partial charge in [-0.3, -0.25) is 4.79 Å². The molecule has 0 aliphatic rings. The normalized spacial score (nSPS) is 12.5. The average Bonchev–Trinajstić information content (AvgIpc) is 2.37. The van der Waals surface area contributed by atoms with Crippen molar-refractivity contribution in [3.8, 4) is 0 Å². The molecule has 0 aliphatic heterocycles. The molecule has 1 aromatic rings. The van der Waals surface area contributed by atoms with E-state index < -0.39 is 0 Å². The maximum Gasteiger partial charge on any atom is 0.251 e. The number of aliphatic hydroxyl groups is 1. The number of amides is 1. The lowest BCUT2D eigenvalue weighted by Gasteiger charge is -2.18. The van der Waals surface area contributed by atoms with Crippen LogP contribution in [0.1, 0.15) is 30.6 Å². The number of thioether (sulfide) groups is 1. The lowest BCUT2D eigenvalue weighted by atomic mass is 10.0. The van der Waals surface area contributed by atoms with E-state index in [4.69, 9.17) is 0 Å². The van der Waals surface area contributed by atoms with Crippen molar-refractivity contribution in [3.05, 3.63) is 29.8 Å². The zero-order valence-electron chi connectivity index (χ0n) is 11.1. The Balaban J connectivity index is 2.62. The number of hydrogen-bond donors (Lipinski definition) is 2. The van der Waals surface area contributed by atoms with E-state index >= 15 is 0 Å². The van der Waals surface area contributed by atoms with E-state index in [2.05, 4.69) is 19.2 Å². The molecule has 1 amide bonds. The third-order valence-electron chi connectivity index (χ3n) is 2.66. The predicted molar refractivity (Wildman–Crippen MR) is 76.0 cm³/mol. The number of rotatable bonds is 6. The number of benzene rings is 1. The summed E-state index contributed by atoms with van der Waals surface area (Å²) in [5.74, 6) is 0.323. The molecule has 0 aliphatic carbocycles. The molecular formula is C14H21NO2S. The lowest BCUT2D eigenvalue weighted by Crippen LogP contribution is -2.38. The Labute approximate surface area is 113 Å². The third-order valence-corrected chi connectivity index (χ3v) is 3.41. The van der Waals surface area contributed by atoms with Gasteiger partial charge in [0.1, 0.15) is 0 Å². The lowest BCUT2D eigenvalue weighted by molar-refractivity contribution is 0.0908. The summed E-state index contributed by atoms with van der Waals surface area (Å²) in [6, 6.07) is 7.31. The highest BCUT2D eigenvalue weighted by atomic mass is 32.2. The van der Waals surface area contributed by atoms with Crippen molar-refractivity contribution in [1.29, 1.82) is 0 Å². The van der Waals surface area contributed by atoms with Crippen LogP contribution in [-0.4, -0.2) is 29.9 Å². The van der Waals surface area contributed by atoms with Crippen molar-refractivity contribution in [2.75, 3.05) is 12.9 Å². The van der Waals surface area contributed by atoms with E-state index in [0.717, 1.165) is 11.3 Å². The van der Waals surface area contributed by atoms with Crippen molar-refractivity contribution in [2.45, 2.75) is 31.2 Å². The summed E-state index contributed by atoms with van der Waals surface area (Å²) >= 11 is 1.64. The van der Waals surface area contributed by atoms with Crippen molar-refractivity contribution in [1.82, 2.24) is 5.32 Å². The van der Waals surface area contributed by atoms with Crippen molar-refractivity contribution in [2.24, 2.45) is 5.92 Å². The van der Waals surface area contributed by atoms with Crippen molar-refractivity contribution >= 4 is 17.7 Å². The molecule has 0 saturated heterocycles. The molecule has 1 atom stereocenters. The SMILES string of the molecule is CSc1ccc(C(=O)NC(CO)CC(C)C)cc1. The Hall–Kier alpha value is -1.00. The first-order valence-corrected chi connectivity index (χ1v) is 7.35. The van der Waals surface area contributed by atoms with Crippen LogP contribution in [-0.2, 0) is 0 Å². The van der Waals surface area contributed by atoms with E-state index in [9.17, 15) is 9.90 Å². The Morgan fingerprint density at radius 1 is 1.33 bits per heavy atom. The van der Waals surface area contributed by atoms with Gasteiger partial charge >= 0.3 is 0 Å². The van der Waals surface area contributed by atoms with Crippen LogP contribution in [0.5, 0.6) is 0 Å². The van der Waals surface area contributed by atoms with Gasteiger partial charge in [0.2, 0.25) is 0 Å². The molecule has 1 aromatic carbocycles. The molecular weight excluding hydrogens is 246 g/mol. The second kappa shape index (κ2) is 7.44. The van der Waals surface area contributed by atoms with E-state index in [0.29, 0.717) is 11.5 Å². The summed E-state index contributed by atoms with van der Waals surface area (Å²) in [6.07, 6.45) is 2.78. The highest BCUT2D eigenvalue weighted by Crippen LogP contribution is 2.15. The molecule has 2 N–H and O–H groups in total. The van der Waals surface area contributed by atoms with Gasteiger partial charge in [0.25, 0.3) is 5.91 Å². The van der Waals surface area contributed by atoms with E-state index in [1.54, 1.807) is 11.8 Å². The van der Waals surface area contributed by atoms with E-state index in [1.165, 1.54) is 0 Å². The van der Waals surface area contributed by atoms with Crippen molar-refractivity contribution < 1.29 is 9.90 Å². The highest BCUT2D eigenvalue weighted by Gasteiger charge is 2.14. The molecule has 0 aromatic heterocycles. The molecule has 0 radical (unpaired) electrons. The summed E-state index contributed by atoms with van der Waals surface area (Å²) in [4.78, 5) is 13.1. The zero-order valence-corrected chi connectivity index (χ0v) is 12.0. The topological polar surface area (TPSA) is 49.3 Å². The summed E-state index contributed by atoms with van der Waals surface area (Å²) < 4.78 is 0. The monoisotopic (exact) mass is 267 g/mol. The minimum Gasteiger partial charge on any atom is -0.394 e. The molecule has 1 unspecified atom stereocenters. The number of carbonyl (C=O) groups excluding carboxylic acids is 1. The molecule has 0 spiro atoms. The van der Waals surface area contributed by atoms with Gasteiger partial charge < -0.3 is 10.4 Å². The molecule has 4 heteroatoms. The fraction of sp³-hybridized carbons (Fsp3) is 0.500. The Morgan fingerprint density at radius 2 is 1.94 bits per heavy atom. The number of nitrogens with one attached hydrogen (secondary N) is 1. The Morgan fingerprint density at radius 3 is 2.39 bits per heavy atom. The largest absolute Gasteiger partial charge is 0.394 e. The average molecular weight is 267 g/mol. The zero-order chi connectivity index (χ0) is 13.5. The molecule has 0 heterocycles. The smallest absolute Gasteiger partial charge is 0.251 e. The molecule has 100 valence electrons. The molecule has 18 heavy (non-hydrogen) atoms. The van der Waals surface area contributed by atoms with Gasteiger partial charge in [-0.25, -0.2) is 0 Å². The first kappa shape index (κ1) is 15.1. The van der Waals surface area contributed by atoms with Gasteiger partial charge in [0, 0.05) is 10.5 Å². The second-order valence-corrected chi connectivity index (χ2v) is 5.59. The first-order chi connectivity index (χ1) is 8.56. The summed E-state index contributed by atoms with van der Waals surface area (Å²) in [6.45, 7) is 4.12. The minimum atomic E-state index is -0.169. The molecule has 0 bridgehead atoms. The third kappa shape index (κ3) is 4.70. The van der Waals surface area contributed by atoms with Crippen LogP contribution < -0.4 is 5.32 Å². The van der Waals surface area contributed by atoms with Gasteiger partial charge in [-0.2, -0.15) is 0 Å². The van der Waals surface area contributed by atoms with Gasteiger partial charge in [0.05, 0.1) is 12.6 Å². The number of hydrogen-bond acceptors (Lipinski definition) is 3. The Kier molecular flexibility index (Phi) is 6.22. The second-order valence-electron chi connectivity index (χ2n) is 4.71. The summed E-state index contributed by atoms with van der Waals surface area (Å²) in [5.41, 5.74) is 0.634. The molecule has 1 rings (SSSR count). The number of aliphatic hydroxyl groups excluding tert-OH is 1. The van der Waals surface area contributed by atoms with Crippen LogP contribution >= 0.6 is 11.8 Å². The van der Waals surface area contributed by atoms with Gasteiger partial charge in [-0.15, -0.1) is 11.8 Å². The van der Waals surface area contributed by atoms with Gasteiger partial charge in [-0.05, 0) is 42.9 Å². The fourth-order valence-corrected chi connectivity index (χ4v) is 2.17. The van der Waals surface area contributed by atoms with E-state index in [1.807, 2.05) is 30.5 Å². The maximum atomic E-state index is 12.0. The van der Waals surface area contributed by atoms with Gasteiger partial charge in [-0.1, -0.05) is 13.8 Å². The standard InChI is InChI=1S/C14H21NO2S/c1-10(2)8-12(9-16)15-14(17)11-4-6-13(18-3)7-5-11/h4-7,10,12,16H,8-9H2,1-3H3,(H,15,17). The molecule has 3 nitrogen and oxygen atoms in total. The van der Waals surface area contributed by atoms with Crippen LogP contribution in [0.25, 0.3) is 0 Å². The van der Waals surface area contributed by atoms with Crippen LogP contribution in [0.15, 0.2) is 29.2 Å². The van der Waals surface area contributed by atoms with Gasteiger partial charge in [0.15, 0.2) is 0 Å². The van der Waals surface area contributed by atoms with E-state index in [-0.39, 0.29) is 18.6 Å². The highest BCUT2D eigenvalue weighted by molar-refractivity contribution is 7.98. The van der Waals surface area contributed by atoms with Crippen LogP contribution in [0.4, 0.5) is 0 Å². The first-order valence-electron chi connectivity index (χ1n) is 6.12. The van der Waals surface area contributed by atoms with Crippen LogP contribution in [0.3, 0.4) is 0 Å².